The first kappa shape index (κ1) is 11.0. The molecule has 0 spiro atoms. The number of nitrogens with zero attached hydrogens (tertiary/aromatic N) is 4. The van der Waals surface area contributed by atoms with Gasteiger partial charge in [-0.3, -0.25) is 4.99 Å². The van der Waals surface area contributed by atoms with E-state index in [9.17, 15) is 0 Å². The topological polar surface area (TPSA) is 40.3 Å². The standard InChI is InChI=1S/C11H9BrN4S/c1-7-15-17-11-13-6-10(14-16(7)11)8-2-4-9(12)5-3-8/h2-5H,6H2,1H3. The van der Waals surface area contributed by atoms with E-state index in [0.717, 1.165) is 26.8 Å². The van der Waals surface area contributed by atoms with Crippen LogP contribution in [0.2, 0.25) is 0 Å². The molecule has 3 rings (SSSR count). The second kappa shape index (κ2) is 4.27. The van der Waals surface area contributed by atoms with Gasteiger partial charge in [-0.25, -0.2) is 0 Å². The van der Waals surface area contributed by atoms with Crippen molar-refractivity contribution in [2.75, 3.05) is 6.54 Å². The quantitative estimate of drug-likeness (QED) is 0.748. The molecule has 0 bridgehead atoms. The molecule has 86 valence electrons. The van der Waals surface area contributed by atoms with Crippen molar-refractivity contribution in [3.05, 3.63) is 34.3 Å². The van der Waals surface area contributed by atoms with Gasteiger partial charge in [0.15, 0.2) is 0 Å². The molecule has 0 saturated heterocycles. The van der Waals surface area contributed by atoms with Gasteiger partial charge in [0.25, 0.3) is 0 Å². The minimum Gasteiger partial charge on any atom is -0.253 e. The maximum atomic E-state index is 4.58. The van der Waals surface area contributed by atoms with E-state index in [-0.39, 0.29) is 0 Å². The summed E-state index contributed by atoms with van der Waals surface area (Å²) in [6, 6.07) is 8.10. The molecule has 0 atom stereocenters. The Morgan fingerprint density at radius 1 is 1.29 bits per heavy atom. The summed E-state index contributed by atoms with van der Waals surface area (Å²) in [5, 5.41) is 7.24. The van der Waals surface area contributed by atoms with Gasteiger partial charge in [0.1, 0.15) is 5.84 Å². The van der Waals surface area contributed by atoms with Gasteiger partial charge in [-0.2, -0.15) is 14.5 Å². The van der Waals surface area contributed by atoms with Gasteiger partial charge in [0, 0.05) is 4.47 Å². The zero-order valence-corrected chi connectivity index (χ0v) is 11.5. The van der Waals surface area contributed by atoms with Crippen LogP contribution in [-0.2, 0) is 0 Å². The predicted molar refractivity (Wildman–Crippen MR) is 75.5 cm³/mol. The maximum absolute atomic E-state index is 4.58. The molecule has 0 radical (unpaired) electrons. The fourth-order valence-corrected chi connectivity index (χ4v) is 2.55. The SMILES string of the molecule is CC1=NSC2=NCC(c3ccc(Br)cc3)=NN12. The first-order valence-electron chi connectivity index (χ1n) is 5.13. The van der Waals surface area contributed by atoms with Crippen LogP contribution < -0.4 is 0 Å². The van der Waals surface area contributed by atoms with Gasteiger partial charge in [-0.1, -0.05) is 28.1 Å². The van der Waals surface area contributed by atoms with Crippen molar-refractivity contribution >= 4 is 44.6 Å². The van der Waals surface area contributed by atoms with Crippen molar-refractivity contribution in [2.24, 2.45) is 14.5 Å². The number of hydrogen-bond donors (Lipinski definition) is 0. The molecule has 4 nitrogen and oxygen atoms in total. The van der Waals surface area contributed by atoms with Crippen LogP contribution in [0.3, 0.4) is 0 Å². The summed E-state index contributed by atoms with van der Waals surface area (Å²) in [4.78, 5) is 4.47. The molecule has 0 saturated carbocycles. The van der Waals surface area contributed by atoms with Crippen LogP contribution in [0.1, 0.15) is 12.5 Å². The lowest BCUT2D eigenvalue weighted by molar-refractivity contribution is 0.661. The normalized spacial score (nSPS) is 18.5. The van der Waals surface area contributed by atoms with Crippen molar-refractivity contribution < 1.29 is 0 Å². The minimum absolute atomic E-state index is 0.614. The highest BCUT2D eigenvalue weighted by molar-refractivity contribution is 9.10. The average Bonchev–Trinajstić information content (AvgIpc) is 2.72. The van der Waals surface area contributed by atoms with Crippen LogP contribution in [0.25, 0.3) is 0 Å². The number of rotatable bonds is 1. The molecule has 0 amide bonds. The molecular formula is C11H9BrN4S. The van der Waals surface area contributed by atoms with E-state index < -0.39 is 0 Å². The monoisotopic (exact) mass is 308 g/mol. The molecule has 0 fully saturated rings. The molecule has 2 heterocycles. The van der Waals surface area contributed by atoms with Crippen LogP contribution >= 0.6 is 27.9 Å². The third-order valence-corrected chi connectivity index (χ3v) is 3.86. The van der Waals surface area contributed by atoms with Crippen LogP contribution in [0.4, 0.5) is 0 Å². The lowest BCUT2D eigenvalue weighted by Crippen LogP contribution is -2.30. The lowest BCUT2D eigenvalue weighted by atomic mass is 10.1. The third-order valence-electron chi connectivity index (χ3n) is 2.51. The third kappa shape index (κ3) is 2.02. The first-order chi connectivity index (χ1) is 8.24. The molecule has 0 unspecified atom stereocenters. The lowest BCUT2D eigenvalue weighted by Gasteiger charge is -2.18. The zero-order chi connectivity index (χ0) is 11.8. The number of fused-ring (bicyclic) bond motifs is 1. The second-order valence-corrected chi connectivity index (χ2v) is 5.34. The van der Waals surface area contributed by atoms with E-state index in [1.165, 1.54) is 11.9 Å². The molecule has 1 aromatic rings. The van der Waals surface area contributed by atoms with Gasteiger partial charge in [0.2, 0.25) is 5.17 Å². The summed E-state index contributed by atoms with van der Waals surface area (Å²) in [5.41, 5.74) is 2.07. The highest BCUT2D eigenvalue weighted by Gasteiger charge is 2.25. The molecule has 1 aromatic carbocycles. The Morgan fingerprint density at radius 3 is 2.82 bits per heavy atom. The van der Waals surface area contributed by atoms with Crippen molar-refractivity contribution in [3.8, 4) is 0 Å². The molecule has 2 aliphatic rings. The maximum Gasteiger partial charge on any atom is 0.209 e. The second-order valence-electron chi connectivity index (χ2n) is 3.69. The Hall–Kier alpha value is -1.14. The predicted octanol–water partition coefficient (Wildman–Crippen LogP) is 2.91. The van der Waals surface area contributed by atoms with Gasteiger partial charge < -0.3 is 0 Å². The summed E-state index contributed by atoms with van der Waals surface area (Å²) in [5.74, 6) is 0.878. The van der Waals surface area contributed by atoms with Gasteiger partial charge >= 0.3 is 0 Å². The molecule has 2 aliphatic heterocycles. The Kier molecular flexibility index (Phi) is 2.76. The summed E-state index contributed by atoms with van der Waals surface area (Å²) in [6.45, 7) is 2.55. The van der Waals surface area contributed by atoms with Gasteiger partial charge in [-0.05, 0) is 24.6 Å². The number of aliphatic imine (C=N–C) groups is 1. The highest BCUT2D eigenvalue weighted by atomic mass is 79.9. The molecule has 0 aromatic heterocycles. The fourth-order valence-electron chi connectivity index (χ4n) is 1.62. The fraction of sp³-hybridized carbons (Fsp3) is 0.182. The van der Waals surface area contributed by atoms with Crippen LogP contribution in [0.5, 0.6) is 0 Å². The van der Waals surface area contributed by atoms with Crippen LogP contribution in [0.15, 0.2) is 43.2 Å². The van der Waals surface area contributed by atoms with Crippen LogP contribution in [-0.4, -0.2) is 28.3 Å². The first-order valence-corrected chi connectivity index (χ1v) is 6.70. The van der Waals surface area contributed by atoms with E-state index in [0.29, 0.717) is 6.54 Å². The molecular weight excluding hydrogens is 300 g/mol. The molecule has 0 aliphatic carbocycles. The van der Waals surface area contributed by atoms with Gasteiger partial charge in [0.05, 0.1) is 24.2 Å². The molecule has 0 N–H and O–H groups in total. The Morgan fingerprint density at radius 2 is 2.06 bits per heavy atom. The summed E-state index contributed by atoms with van der Waals surface area (Å²) in [7, 11) is 0. The van der Waals surface area contributed by atoms with E-state index in [2.05, 4.69) is 30.4 Å². The van der Waals surface area contributed by atoms with Crippen molar-refractivity contribution in [1.29, 1.82) is 0 Å². The molecule has 6 heteroatoms. The number of amidine groups is 2. The Balaban J connectivity index is 1.93. The highest BCUT2D eigenvalue weighted by Crippen LogP contribution is 2.24. The van der Waals surface area contributed by atoms with Crippen molar-refractivity contribution in [2.45, 2.75) is 6.92 Å². The van der Waals surface area contributed by atoms with Crippen LogP contribution in [0, 0.1) is 0 Å². The molecule has 17 heavy (non-hydrogen) atoms. The number of hydrogen-bond acceptors (Lipinski definition) is 5. The number of hydrazone groups is 1. The van der Waals surface area contributed by atoms with Crippen molar-refractivity contribution in [1.82, 2.24) is 5.01 Å². The smallest absolute Gasteiger partial charge is 0.209 e. The minimum atomic E-state index is 0.614. The van der Waals surface area contributed by atoms with Crippen molar-refractivity contribution in [3.63, 3.8) is 0 Å². The summed E-state index contributed by atoms with van der Waals surface area (Å²) in [6.07, 6.45) is 0. The summed E-state index contributed by atoms with van der Waals surface area (Å²) < 4.78 is 5.30. The summed E-state index contributed by atoms with van der Waals surface area (Å²) >= 11 is 4.81. The largest absolute Gasteiger partial charge is 0.253 e. The van der Waals surface area contributed by atoms with E-state index in [1.807, 2.05) is 31.2 Å². The Labute approximate surface area is 112 Å². The Bertz CT molecular complexity index is 547. The zero-order valence-electron chi connectivity index (χ0n) is 9.09. The number of halogens is 1. The van der Waals surface area contributed by atoms with E-state index >= 15 is 0 Å². The van der Waals surface area contributed by atoms with Gasteiger partial charge in [-0.15, -0.1) is 0 Å². The average molecular weight is 309 g/mol. The van der Waals surface area contributed by atoms with E-state index in [1.54, 1.807) is 5.01 Å². The number of benzene rings is 1. The van der Waals surface area contributed by atoms with E-state index in [4.69, 9.17) is 0 Å².